The summed E-state index contributed by atoms with van der Waals surface area (Å²) in [6.45, 7) is 5.67. The predicted molar refractivity (Wildman–Crippen MR) is 74.7 cm³/mol. The lowest BCUT2D eigenvalue weighted by molar-refractivity contribution is 0.588. The van der Waals surface area contributed by atoms with Gasteiger partial charge in [0.15, 0.2) is 0 Å². The van der Waals surface area contributed by atoms with E-state index in [-0.39, 0.29) is 4.90 Å². The van der Waals surface area contributed by atoms with E-state index in [1.807, 2.05) is 26.0 Å². The SMILES string of the molecule is CC/C=C\C=C(/C)NS(=O)(=O)c1ccc(C)cc1. The van der Waals surface area contributed by atoms with Crippen molar-refractivity contribution < 1.29 is 8.42 Å². The van der Waals surface area contributed by atoms with Crippen LogP contribution in [0.25, 0.3) is 0 Å². The van der Waals surface area contributed by atoms with Crippen LogP contribution in [0.2, 0.25) is 0 Å². The Morgan fingerprint density at radius 1 is 1.28 bits per heavy atom. The first kappa shape index (κ1) is 14.5. The number of hydrogen-bond acceptors (Lipinski definition) is 2. The number of hydrogen-bond donors (Lipinski definition) is 1. The van der Waals surface area contributed by atoms with E-state index >= 15 is 0 Å². The average Bonchev–Trinajstić information content (AvgIpc) is 2.29. The van der Waals surface area contributed by atoms with Gasteiger partial charge in [-0.2, -0.15) is 0 Å². The van der Waals surface area contributed by atoms with Crippen molar-refractivity contribution >= 4 is 10.0 Å². The highest BCUT2D eigenvalue weighted by atomic mass is 32.2. The summed E-state index contributed by atoms with van der Waals surface area (Å²) in [4.78, 5) is 0.278. The topological polar surface area (TPSA) is 46.2 Å². The molecule has 0 saturated heterocycles. The van der Waals surface area contributed by atoms with Gasteiger partial charge >= 0.3 is 0 Å². The van der Waals surface area contributed by atoms with Crippen molar-refractivity contribution in [2.75, 3.05) is 0 Å². The highest BCUT2D eigenvalue weighted by Gasteiger charge is 2.12. The van der Waals surface area contributed by atoms with Crippen molar-refractivity contribution in [2.45, 2.75) is 32.1 Å². The quantitative estimate of drug-likeness (QED) is 0.831. The molecule has 0 heterocycles. The van der Waals surface area contributed by atoms with E-state index in [1.165, 1.54) is 0 Å². The normalized spacial score (nSPS) is 12.9. The van der Waals surface area contributed by atoms with Crippen LogP contribution in [0, 0.1) is 6.92 Å². The fourth-order valence-electron chi connectivity index (χ4n) is 1.37. The van der Waals surface area contributed by atoms with E-state index in [1.54, 1.807) is 37.3 Å². The minimum atomic E-state index is -3.47. The third-order valence-corrected chi connectivity index (χ3v) is 3.83. The van der Waals surface area contributed by atoms with Crippen molar-refractivity contribution in [1.29, 1.82) is 0 Å². The highest BCUT2D eigenvalue weighted by Crippen LogP contribution is 2.11. The molecule has 0 unspecified atom stereocenters. The molecule has 0 aliphatic heterocycles. The Bertz CT molecular complexity index is 540. The first-order valence-corrected chi connectivity index (χ1v) is 7.37. The van der Waals surface area contributed by atoms with Crippen LogP contribution >= 0.6 is 0 Å². The van der Waals surface area contributed by atoms with Crippen LogP contribution < -0.4 is 4.72 Å². The van der Waals surface area contributed by atoms with Crippen LogP contribution in [-0.2, 0) is 10.0 Å². The smallest absolute Gasteiger partial charge is 0.261 e. The fourth-order valence-corrected chi connectivity index (χ4v) is 2.47. The van der Waals surface area contributed by atoms with Crippen LogP contribution in [0.5, 0.6) is 0 Å². The Labute approximate surface area is 109 Å². The van der Waals surface area contributed by atoms with Gasteiger partial charge in [-0.3, -0.25) is 4.72 Å². The molecular weight excluding hydrogens is 246 g/mol. The maximum Gasteiger partial charge on any atom is 0.261 e. The van der Waals surface area contributed by atoms with Gasteiger partial charge in [0, 0.05) is 5.70 Å². The first-order valence-electron chi connectivity index (χ1n) is 5.88. The Morgan fingerprint density at radius 3 is 2.44 bits per heavy atom. The summed E-state index contributed by atoms with van der Waals surface area (Å²) in [5.41, 5.74) is 1.63. The second-order valence-electron chi connectivity index (χ2n) is 4.10. The summed E-state index contributed by atoms with van der Waals surface area (Å²) in [6, 6.07) is 6.77. The molecule has 0 radical (unpaired) electrons. The molecule has 1 aromatic rings. The molecule has 1 N–H and O–H groups in total. The van der Waals surface area contributed by atoms with Crippen molar-refractivity contribution in [1.82, 2.24) is 4.72 Å². The van der Waals surface area contributed by atoms with E-state index in [9.17, 15) is 8.42 Å². The lowest BCUT2D eigenvalue weighted by Gasteiger charge is -2.07. The third-order valence-electron chi connectivity index (χ3n) is 2.34. The number of nitrogens with one attached hydrogen (secondary N) is 1. The molecule has 3 nitrogen and oxygen atoms in total. The van der Waals surface area contributed by atoms with Gasteiger partial charge in [0.2, 0.25) is 0 Å². The molecule has 4 heteroatoms. The van der Waals surface area contributed by atoms with Crippen LogP contribution in [-0.4, -0.2) is 8.42 Å². The largest absolute Gasteiger partial charge is 0.284 e. The van der Waals surface area contributed by atoms with Crippen LogP contribution in [0.15, 0.2) is 53.1 Å². The number of aryl methyl sites for hydroxylation is 1. The molecule has 1 rings (SSSR count). The Hall–Kier alpha value is -1.55. The van der Waals surface area contributed by atoms with Gasteiger partial charge in [-0.15, -0.1) is 0 Å². The molecule has 0 aliphatic carbocycles. The molecule has 0 fully saturated rings. The Kier molecular flexibility index (Phi) is 5.16. The van der Waals surface area contributed by atoms with E-state index in [0.29, 0.717) is 5.70 Å². The summed E-state index contributed by atoms with van der Waals surface area (Å²) in [5, 5.41) is 0. The van der Waals surface area contributed by atoms with Crippen LogP contribution in [0.4, 0.5) is 0 Å². The number of benzene rings is 1. The van der Waals surface area contributed by atoms with Gasteiger partial charge < -0.3 is 0 Å². The Morgan fingerprint density at radius 2 is 1.89 bits per heavy atom. The fraction of sp³-hybridized carbons (Fsp3) is 0.286. The summed E-state index contributed by atoms with van der Waals surface area (Å²) >= 11 is 0. The molecule has 98 valence electrons. The number of sulfonamides is 1. The highest BCUT2D eigenvalue weighted by molar-refractivity contribution is 7.89. The second kappa shape index (κ2) is 6.40. The van der Waals surface area contributed by atoms with E-state index in [4.69, 9.17) is 0 Å². The monoisotopic (exact) mass is 265 g/mol. The van der Waals surface area contributed by atoms with Gasteiger partial charge in [-0.25, -0.2) is 8.42 Å². The summed E-state index contributed by atoms with van der Waals surface area (Å²) < 4.78 is 26.6. The van der Waals surface area contributed by atoms with E-state index < -0.39 is 10.0 Å². The molecule has 0 amide bonds. The zero-order valence-electron chi connectivity index (χ0n) is 11.0. The molecule has 0 aromatic heterocycles. The lowest BCUT2D eigenvalue weighted by Crippen LogP contribution is -2.21. The first-order chi connectivity index (χ1) is 8.45. The van der Waals surface area contributed by atoms with Crippen molar-refractivity contribution in [2.24, 2.45) is 0 Å². The molecule has 0 aliphatic rings. The third kappa shape index (κ3) is 4.37. The van der Waals surface area contributed by atoms with Crippen LogP contribution in [0.1, 0.15) is 25.8 Å². The molecule has 0 spiro atoms. The van der Waals surface area contributed by atoms with Gasteiger partial charge in [0.05, 0.1) is 4.90 Å². The molecule has 18 heavy (non-hydrogen) atoms. The lowest BCUT2D eigenvalue weighted by atomic mass is 10.2. The maximum absolute atomic E-state index is 12.0. The van der Waals surface area contributed by atoms with Crippen LogP contribution in [0.3, 0.4) is 0 Å². The summed E-state index contributed by atoms with van der Waals surface area (Å²) in [7, 11) is -3.47. The van der Waals surface area contributed by atoms with Gasteiger partial charge in [0.25, 0.3) is 10.0 Å². The van der Waals surface area contributed by atoms with E-state index in [2.05, 4.69) is 4.72 Å². The minimum absolute atomic E-state index is 0.278. The maximum atomic E-state index is 12.0. The zero-order chi connectivity index (χ0) is 13.6. The number of allylic oxidation sites excluding steroid dienone is 4. The minimum Gasteiger partial charge on any atom is -0.284 e. The second-order valence-corrected chi connectivity index (χ2v) is 5.79. The van der Waals surface area contributed by atoms with Crippen molar-refractivity contribution in [3.8, 4) is 0 Å². The van der Waals surface area contributed by atoms with Gasteiger partial charge in [-0.05, 0) is 38.5 Å². The summed E-state index contributed by atoms with van der Waals surface area (Å²) in [5.74, 6) is 0. The van der Waals surface area contributed by atoms with Gasteiger partial charge in [-0.1, -0.05) is 36.8 Å². The molecule has 1 aromatic carbocycles. The summed E-state index contributed by atoms with van der Waals surface area (Å²) in [6.07, 6.45) is 6.47. The van der Waals surface area contributed by atoms with Crippen molar-refractivity contribution in [3.63, 3.8) is 0 Å². The standard InChI is InChI=1S/C14H19NO2S/c1-4-5-6-7-13(3)15-18(16,17)14-10-8-12(2)9-11-14/h5-11,15H,4H2,1-3H3/b6-5-,13-7+. The number of rotatable bonds is 5. The molecule has 0 atom stereocenters. The predicted octanol–water partition coefficient (Wildman–Crippen LogP) is 3.14. The zero-order valence-corrected chi connectivity index (χ0v) is 11.8. The van der Waals surface area contributed by atoms with E-state index in [0.717, 1.165) is 12.0 Å². The molecule has 0 bridgehead atoms. The Balaban J connectivity index is 2.85. The molecule has 0 saturated carbocycles. The van der Waals surface area contributed by atoms with Crippen molar-refractivity contribution in [3.05, 3.63) is 53.8 Å². The van der Waals surface area contributed by atoms with Gasteiger partial charge in [0.1, 0.15) is 0 Å². The average molecular weight is 265 g/mol. The molecular formula is C14H19NO2S.